The highest BCUT2D eigenvalue weighted by molar-refractivity contribution is 5.47. The third kappa shape index (κ3) is 8.15. The van der Waals surface area contributed by atoms with Gasteiger partial charge in [0.15, 0.2) is 18.9 Å². The Morgan fingerprint density at radius 3 is 1.81 bits per heavy atom. The SMILES string of the molecule is CC1(C)CCC2(CO)C(=C3C=CC4C5(C)CCC(OC6OC(COC7OC(CO)C(O)C(O)C7O)C(OC7OC(CO)C(O)C(O)C7O)C(O)C6O)C(C)(CO)C5CCC4(C)C3(C)CC2O)C1. The molecule has 67 heavy (non-hydrogen) atoms. The minimum absolute atomic E-state index is 0.0246. The molecule has 3 saturated carbocycles. The highest BCUT2D eigenvalue weighted by Crippen LogP contribution is 2.74. The lowest BCUT2D eigenvalue weighted by atomic mass is 9.35. The quantitative estimate of drug-likeness (QED) is 0.105. The lowest BCUT2D eigenvalue weighted by Gasteiger charge is -2.70. The predicted octanol–water partition coefficient (Wildman–Crippen LogP) is -1.52. The van der Waals surface area contributed by atoms with Crippen LogP contribution in [0.2, 0.25) is 0 Å². The van der Waals surface area contributed by atoms with Gasteiger partial charge in [0, 0.05) is 16.2 Å². The van der Waals surface area contributed by atoms with Crippen LogP contribution in [0.25, 0.3) is 0 Å². The van der Waals surface area contributed by atoms with Gasteiger partial charge in [-0.15, -0.1) is 0 Å². The molecule has 24 atom stereocenters. The molecule has 8 rings (SSSR count). The van der Waals surface area contributed by atoms with Crippen molar-refractivity contribution in [1.29, 1.82) is 0 Å². The Labute approximate surface area is 391 Å². The Hall–Kier alpha value is -1.28. The Kier molecular flexibility index (Phi) is 14.5. The molecule has 5 aliphatic carbocycles. The van der Waals surface area contributed by atoms with Crippen LogP contribution in [0.15, 0.2) is 23.3 Å². The van der Waals surface area contributed by atoms with Gasteiger partial charge in [-0.05, 0) is 85.0 Å². The molecule has 24 unspecified atom stereocenters. The first-order chi connectivity index (χ1) is 31.4. The molecule has 0 radical (unpaired) electrons. The fraction of sp³-hybridized carbons (Fsp3) is 0.917. The molecule has 3 heterocycles. The molecule has 19 heteroatoms. The van der Waals surface area contributed by atoms with E-state index in [4.69, 9.17) is 28.4 Å². The van der Waals surface area contributed by atoms with Crippen molar-refractivity contribution in [3.63, 3.8) is 0 Å². The predicted molar refractivity (Wildman–Crippen MR) is 233 cm³/mol. The topological polar surface area (TPSA) is 318 Å². The maximum Gasteiger partial charge on any atom is 0.187 e. The molecule has 3 aliphatic heterocycles. The second-order valence-electron chi connectivity index (χ2n) is 23.1. The second kappa shape index (κ2) is 18.6. The van der Waals surface area contributed by atoms with Crippen LogP contribution in [0.1, 0.15) is 92.9 Å². The molecule has 0 bridgehead atoms. The summed E-state index contributed by atoms with van der Waals surface area (Å²) in [6, 6.07) is 0. The Morgan fingerprint density at radius 1 is 0.612 bits per heavy atom. The van der Waals surface area contributed by atoms with E-state index in [2.05, 4.69) is 46.8 Å². The average Bonchev–Trinajstić information content (AvgIpc) is 3.29. The number of ether oxygens (including phenoxy) is 6. The van der Waals surface area contributed by atoms with Gasteiger partial charge in [0.25, 0.3) is 0 Å². The average molecular weight is 959 g/mol. The number of fused-ring (bicyclic) bond motifs is 6. The molecule has 13 N–H and O–H groups in total. The van der Waals surface area contributed by atoms with E-state index in [-0.39, 0.29) is 41.3 Å². The molecule has 3 saturated heterocycles. The largest absolute Gasteiger partial charge is 0.396 e. The van der Waals surface area contributed by atoms with Crippen molar-refractivity contribution in [1.82, 2.24) is 0 Å². The lowest BCUT2D eigenvalue weighted by Crippen LogP contribution is -2.67. The van der Waals surface area contributed by atoms with Gasteiger partial charge in [-0.1, -0.05) is 59.3 Å². The number of rotatable bonds is 11. The van der Waals surface area contributed by atoms with Gasteiger partial charge in [-0.3, -0.25) is 0 Å². The Bertz CT molecular complexity index is 1830. The third-order valence-electron chi connectivity index (χ3n) is 19.0. The first-order valence-electron chi connectivity index (χ1n) is 24.3. The van der Waals surface area contributed by atoms with E-state index in [9.17, 15) is 66.4 Å². The molecular weight excluding hydrogens is 881 g/mol. The van der Waals surface area contributed by atoms with E-state index in [0.29, 0.717) is 25.7 Å². The van der Waals surface area contributed by atoms with Gasteiger partial charge in [0.05, 0.1) is 45.2 Å². The van der Waals surface area contributed by atoms with E-state index in [1.54, 1.807) is 0 Å². The molecule has 0 aromatic rings. The summed E-state index contributed by atoms with van der Waals surface area (Å²) in [7, 11) is 0. The molecular formula is C48H78O19. The van der Waals surface area contributed by atoms with Crippen LogP contribution in [0.4, 0.5) is 0 Å². The summed E-state index contributed by atoms with van der Waals surface area (Å²) >= 11 is 0. The molecule has 0 aromatic carbocycles. The van der Waals surface area contributed by atoms with Gasteiger partial charge in [0.2, 0.25) is 0 Å². The zero-order valence-electron chi connectivity index (χ0n) is 39.6. The van der Waals surface area contributed by atoms with Crippen molar-refractivity contribution in [2.24, 2.45) is 44.3 Å². The van der Waals surface area contributed by atoms with Crippen LogP contribution in [-0.2, 0) is 28.4 Å². The van der Waals surface area contributed by atoms with Gasteiger partial charge in [-0.2, -0.15) is 0 Å². The lowest BCUT2D eigenvalue weighted by molar-refractivity contribution is -0.376. The summed E-state index contributed by atoms with van der Waals surface area (Å²) < 4.78 is 35.8. The summed E-state index contributed by atoms with van der Waals surface area (Å²) in [5, 5.41) is 141. The van der Waals surface area contributed by atoms with Crippen LogP contribution in [0.3, 0.4) is 0 Å². The fourth-order valence-corrected chi connectivity index (χ4v) is 14.5. The molecule has 0 aromatic heterocycles. The maximum absolute atomic E-state index is 12.1. The molecule has 6 fully saturated rings. The minimum atomic E-state index is -1.90. The van der Waals surface area contributed by atoms with Gasteiger partial charge >= 0.3 is 0 Å². The van der Waals surface area contributed by atoms with Gasteiger partial charge < -0.3 is 94.8 Å². The summed E-state index contributed by atoms with van der Waals surface area (Å²) in [6.07, 6.45) is -16.5. The van der Waals surface area contributed by atoms with Crippen molar-refractivity contribution in [3.8, 4) is 0 Å². The van der Waals surface area contributed by atoms with E-state index in [1.807, 2.05) is 6.92 Å². The van der Waals surface area contributed by atoms with Crippen molar-refractivity contribution in [3.05, 3.63) is 23.3 Å². The molecule has 0 spiro atoms. The van der Waals surface area contributed by atoms with Crippen molar-refractivity contribution in [2.75, 3.05) is 33.0 Å². The van der Waals surface area contributed by atoms with Crippen LogP contribution in [0.5, 0.6) is 0 Å². The number of hydrogen-bond donors (Lipinski definition) is 13. The van der Waals surface area contributed by atoms with E-state index < -0.39 is 140 Å². The molecule has 19 nitrogen and oxygen atoms in total. The monoisotopic (exact) mass is 959 g/mol. The Morgan fingerprint density at radius 2 is 1.19 bits per heavy atom. The molecule has 0 amide bonds. The number of hydrogen-bond acceptors (Lipinski definition) is 19. The van der Waals surface area contributed by atoms with Crippen LogP contribution >= 0.6 is 0 Å². The highest BCUT2D eigenvalue weighted by Gasteiger charge is 2.69. The van der Waals surface area contributed by atoms with E-state index in [1.165, 1.54) is 11.1 Å². The highest BCUT2D eigenvalue weighted by atomic mass is 16.8. The van der Waals surface area contributed by atoms with Crippen molar-refractivity contribution >= 4 is 0 Å². The summed E-state index contributed by atoms with van der Waals surface area (Å²) in [5.41, 5.74) is -0.186. The van der Waals surface area contributed by atoms with E-state index in [0.717, 1.165) is 25.7 Å². The zero-order chi connectivity index (χ0) is 49.0. The van der Waals surface area contributed by atoms with Gasteiger partial charge in [-0.25, -0.2) is 0 Å². The van der Waals surface area contributed by atoms with Gasteiger partial charge in [0.1, 0.15) is 73.2 Å². The molecule has 384 valence electrons. The van der Waals surface area contributed by atoms with E-state index >= 15 is 0 Å². The zero-order valence-corrected chi connectivity index (χ0v) is 39.6. The first-order valence-corrected chi connectivity index (χ1v) is 24.3. The van der Waals surface area contributed by atoms with Crippen molar-refractivity contribution < 1.29 is 94.8 Å². The smallest absolute Gasteiger partial charge is 0.187 e. The van der Waals surface area contributed by atoms with Crippen LogP contribution in [0, 0.1) is 44.3 Å². The Balaban J connectivity index is 1.06. The minimum Gasteiger partial charge on any atom is -0.396 e. The first kappa shape index (κ1) is 52.1. The maximum atomic E-state index is 12.1. The number of aliphatic hydroxyl groups is 13. The summed E-state index contributed by atoms with van der Waals surface area (Å²) in [5.74, 6) is -0.0749. The molecule has 8 aliphatic rings. The number of aliphatic hydroxyl groups excluding tert-OH is 13. The summed E-state index contributed by atoms with van der Waals surface area (Å²) in [6.45, 7) is 10.9. The normalized spacial score (nSPS) is 54.2. The van der Waals surface area contributed by atoms with Crippen LogP contribution in [-0.4, -0.2) is 204 Å². The fourth-order valence-electron chi connectivity index (χ4n) is 14.5. The van der Waals surface area contributed by atoms with Crippen LogP contribution < -0.4 is 0 Å². The second-order valence-corrected chi connectivity index (χ2v) is 23.1. The number of allylic oxidation sites excluding steroid dienone is 3. The van der Waals surface area contributed by atoms with Crippen molar-refractivity contribution in [2.45, 2.75) is 197 Å². The third-order valence-corrected chi connectivity index (χ3v) is 19.0. The standard InChI is InChI=1S/C48H78O19/c1-43(2)13-14-48(21-52)23(15-43)22-7-8-28-44(3)11-10-30(45(4,20-51)27(44)9-12-46(28,5)47(22,6)16-29(48)53)66-41-38(61)35(58)39(67-42-37(60)34(57)32(55)25(18-50)64-42)26(65-41)19-62-40-36(59)33(56)31(54)24(17-49)63-40/h7-8,24-42,49-61H,9-21H2,1-6H3. The summed E-state index contributed by atoms with van der Waals surface area (Å²) in [4.78, 5) is 0.